The van der Waals surface area contributed by atoms with Crippen LogP contribution in [0.5, 0.6) is 0 Å². The minimum atomic E-state index is 0.637. The summed E-state index contributed by atoms with van der Waals surface area (Å²) in [5.41, 5.74) is 4.54. The van der Waals surface area contributed by atoms with Crippen LogP contribution in [0.2, 0.25) is 0 Å². The molecule has 4 aliphatic carbocycles. The third-order valence-corrected chi connectivity index (χ3v) is 6.88. The molecule has 4 saturated carbocycles. The summed E-state index contributed by atoms with van der Waals surface area (Å²) < 4.78 is 0. The first-order valence-electron chi connectivity index (χ1n) is 8.83. The van der Waals surface area contributed by atoms with Crippen molar-refractivity contribution >= 4 is 0 Å². The molecule has 3 heteroatoms. The Labute approximate surface area is 124 Å². The van der Waals surface area contributed by atoms with Crippen LogP contribution < -0.4 is 5.43 Å². The molecule has 5 aliphatic rings. The lowest BCUT2D eigenvalue weighted by molar-refractivity contribution is -0.0860. The average Bonchev–Trinajstić information content (AvgIpc) is 2.40. The Morgan fingerprint density at radius 2 is 1.40 bits per heavy atom. The van der Waals surface area contributed by atoms with Gasteiger partial charge in [-0.3, -0.25) is 5.43 Å². The zero-order valence-corrected chi connectivity index (χ0v) is 13.3. The predicted molar refractivity (Wildman–Crippen MR) is 82.3 cm³/mol. The second kappa shape index (κ2) is 4.96. The first-order chi connectivity index (χ1) is 9.63. The van der Waals surface area contributed by atoms with Gasteiger partial charge in [-0.05, 0) is 75.7 Å². The molecule has 0 aromatic heterocycles. The molecule has 0 amide bonds. The minimum absolute atomic E-state index is 0.637. The molecule has 1 atom stereocenters. The number of rotatable bonds is 3. The normalized spacial score (nSPS) is 46.8. The van der Waals surface area contributed by atoms with E-state index in [4.69, 9.17) is 0 Å². The molecule has 1 heterocycles. The van der Waals surface area contributed by atoms with Crippen LogP contribution in [0.1, 0.15) is 45.4 Å². The highest BCUT2D eigenvalue weighted by atomic mass is 15.5. The highest BCUT2D eigenvalue weighted by Gasteiger charge is 2.53. The summed E-state index contributed by atoms with van der Waals surface area (Å²) in [6, 6.07) is 0.680. The van der Waals surface area contributed by atoms with Gasteiger partial charge in [0.2, 0.25) is 0 Å². The highest BCUT2D eigenvalue weighted by molar-refractivity contribution is 5.05. The molecule has 1 saturated heterocycles. The Kier molecular flexibility index (Phi) is 3.36. The summed E-state index contributed by atoms with van der Waals surface area (Å²) in [6.07, 6.45) is 9.21. The lowest BCUT2D eigenvalue weighted by Gasteiger charge is -2.59. The molecule has 5 fully saturated rings. The molecule has 3 nitrogen and oxygen atoms in total. The second-order valence-corrected chi connectivity index (χ2v) is 8.42. The van der Waals surface area contributed by atoms with Gasteiger partial charge >= 0.3 is 0 Å². The Hall–Kier alpha value is -0.120. The van der Waals surface area contributed by atoms with Crippen LogP contribution in [0.3, 0.4) is 0 Å². The molecular formula is C17H31N3. The van der Waals surface area contributed by atoms with E-state index in [0.29, 0.717) is 11.5 Å². The van der Waals surface area contributed by atoms with E-state index >= 15 is 0 Å². The van der Waals surface area contributed by atoms with Gasteiger partial charge < -0.3 is 4.90 Å². The lowest BCUT2D eigenvalue weighted by Crippen LogP contribution is -2.60. The summed E-state index contributed by atoms with van der Waals surface area (Å²) in [7, 11) is 2.24. The average molecular weight is 277 g/mol. The first-order valence-corrected chi connectivity index (χ1v) is 8.83. The zero-order valence-electron chi connectivity index (χ0n) is 13.3. The molecule has 0 spiro atoms. The van der Waals surface area contributed by atoms with Gasteiger partial charge in [0.05, 0.1) is 0 Å². The van der Waals surface area contributed by atoms with Gasteiger partial charge in [-0.2, -0.15) is 0 Å². The standard InChI is InChI=1S/C17H31N3/c1-13(18-20-5-3-19(2)4-6-20)17-10-14-7-15(11-17)9-16(8-14)12-17/h13-16,18H,3-12H2,1-2H3. The molecule has 4 bridgehead atoms. The SMILES string of the molecule is CC(NN1CCN(C)CC1)C12CC3CC(CC(C3)C1)C2. The second-order valence-electron chi connectivity index (χ2n) is 8.42. The van der Waals surface area contributed by atoms with Crippen LogP contribution in [0.15, 0.2) is 0 Å². The van der Waals surface area contributed by atoms with E-state index in [0.717, 1.165) is 17.8 Å². The molecule has 1 aliphatic heterocycles. The highest BCUT2D eigenvalue weighted by Crippen LogP contribution is 2.61. The van der Waals surface area contributed by atoms with Crippen molar-refractivity contribution in [2.45, 2.75) is 51.5 Å². The summed E-state index contributed by atoms with van der Waals surface area (Å²) in [4.78, 5) is 2.44. The number of hydrogen-bond acceptors (Lipinski definition) is 3. The van der Waals surface area contributed by atoms with Crippen molar-refractivity contribution in [2.75, 3.05) is 33.2 Å². The van der Waals surface area contributed by atoms with Crippen molar-refractivity contribution in [2.24, 2.45) is 23.2 Å². The summed E-state index contributed by atoms with van der Waals surface area (Å²) in [5, 5.41) is 2.50. The van der Waals surface area contributed by atoms with Crippen LogP contribution in [0.4, 0.5) is 0 Å². The molecule has 5 rings (SSSR count). The van der Waals surface area contributed by atoms with Crippen molar-refractivity contribution in [3.63, 3.8) is 0 Å². The summed E-state index contributed by atoms with van der Waals surface area (Å²) >= 11 is 0. The monoisotopic (exact) mass is 277 g/mol. The number of hydrazine groups is 1. The fraction of sp³-hybridized carbons (Fsp3) is 1.00. The van der Waals surface area contributed by atoms with Gasteiger partial charge in [0.15, 0.2) is 0 Å². The molecular weight excluding hydrogens is 246 g/mol. The van der Waals surface area contributed by atoms with Crippen LogP contribution >= 0.6 is 0 Å². The number of hydrogen-bond donors (Lipinski definition) is 1. The van der Waals surface area contributed by atoms with Gasteiger partial charge in [-0.1, -0.05) is 0 Å². The first kappa shape index (κ1) is 13.5. The number of nitrogens with one attached hydrogen (secondary N) is 1. The van der Waals surface area contributed by atoms with Crippen molar-refractivity contribution < 1.29 is 0 Å². The maximum Gasteiger partial charge on any atom is 0.0259 e. The van der Waals surface area contributed by atoms with Crippen molar-refractivity contribution in [1.82, 2.24) is 15.3 Å². The molecule has 114 valence electrons. The van der Waals surface area contributed by atoms with Gasteiger partial charge in [-0.25, -0.2) is 5.01 Å². The fourth-order valence-corrected chi connectivity index (χ4v) is 6.05. The van der Waals surface area contributed by atoms with Gasteiger partial charge in [-0.15, -0.1) is 0 Å². The molecule has 0 radical (unpaired) electrons. The van der Waals surface area contributed by atoms with E-state index < -0.39 is 0 Å². The van der Waals surface area contributed by atoms with Gasteiger partial charge in [0, 0.05) is 32.2 Å². The van der Waals surface area contributed by atoms with E-state index in [1.54, 1.807) is 19.3 Å². The van der Waals surface area contributed by atoms with Gasteiger partial charge in [0.1, 0.15) is 0 Å². The molecule has 0 aromatic rings. The van der Waals surface area contributed by atoms with E-state index in [1.165, 1.54) is 45.4 Å². The van der Waals surface area contributed by atoms with E-state index in [-0.39, 0.29) is 0 Å². The van der Waals surface area contributed by atoms with Crippen LogP contribution in [-0.4, -0.2) is 49.2 Å². The van der Waals surface area contributed by atoms with Crippen LogP contribution in [-0.2, 0) is 0 Å². The summed E-state index contributed by atoms with van der Waals surface area (Å²) in [5.74, 6) is 3.20. The molecule has 1 unspecified atom stereocenters. The maximum absolute atomic E-state index is 3.90. The van der Waals surface area contributed by atoms with Crippen molar-refractivity contribution in [3.8, 4) is 0 Å². The van der Waals surface area contributed by atoms with E-state index in [1.807, 2.05) is 0 Å². The Morgan fingerprint density at radius 3 is 1.90 bits per heavy atom. The van der Waals surface area contributed by atoms with Crippen LogP contribution in [0, 0.1) is 23.2 Å². The number of nitrogens with zero attached hydrogens (tertiary/aromatic N) is 2. The quantitative estimate of drug-likeness (QED) is 0.854. The third-order valence-electron chi connectivity index (χ3n) is 6.88. The lowest BCUT2D eigenvalue weighted by atomic mass is 9.48. The summed E-state index contributed by atoms with van der Waals surface area (Å²) in [6.45, 7) is 7.27. The Bertz CT molecular complexity index is 324. The van der Waals surface area contributed by atoms with Crippen molar-refractivity contribution in [3.05, 3.63) is 0 Å². The van der Waals surface area contributed by atoms with E-state index in [9.17, 15) is 0 Å². The largest absolute Gasteiger partial charge is 0.304 e. The number of likely N-dealkylation sites (N-methyl/N-ethyl adjacent to an activating group) is 1. The molecule has 0 aromatic carbocycles. The Balaban J connectivity index is 1.41. The number of piperazine rings is 1. The topological polar surface area (TPSA) is 18.5 Å². The van der Waals surface area contributed by atoms with Crippen molar-refractivity contribution in [1.29, 1.82) is 0 Å². The fourth-order valence-electron chi connectivity index (χ4n) is 6.05. The molecule has 1 N–H and O–H groups in total. The minimum Gasteiger partial charge on any atom is -0.304 e. The van der Waals surface area contributed by atoms with E-state index in [2.05, 4.69) is 29.3 Å². The predicted octanol–water partition coefficient (Wildman–Crippen LogP) is 2.34. The Morgan fingerprint density at radius 1 is 0.900 bits per heavy atom. The van der Waals surface area contributed by atoms with Gasteiger partial charge in [0.25, 0.3) is 0 Å². The smallest absolute Gasteiger partial charge is 0.0259 e. The van der Waals surface area contributed by atoms with Crippen LogP contribution in [0.25, 0.3) is 0 Å². The zero-order chi connectivity index (χ0) is 13.7. The third kappa shape index (κ3) is 2.32. The maximum atomic E-state index is 3.90. The molecule has 20 heavy (non-hydrogen) atoms.